The normalized spacial score (nSPS) is 14.1. The minimum Gasteiger partial charge on any atom is -0.467 e. The van der Waals surface area contributed by atoms with Crippen molar-refractivity contribution in [2.75, 3.05) is 6.79 Å². The summed E-state index contributed by atoms with van der Waals surface area (Å²) in [7, 11) is 0.504. The van der Waals surface area contributed by atoms with Gasteiger partial charge >= 0.3 is 0 Å². The fourth-order valence-corrected chi connectivity index (χ4v) is 5.44. The SMILES string of the molecule is CCCC(C)(Pc1ccccc1CO)c1cc(C(C)C)cc(C)c1OCO. The summed E-state index contributed by atoms with van der Waals surface area (Å²) < 4.78 is 5.70. The van der Waals surface area contributed by atoms with E-state index in [1.165, 1.54) is 10.9 Å². The molecule has 27 heavy (non-hydrogen) atoms. The lowest BCUT2D eigenvalue weighted by molar-refractivity contribution is 0.0962. The molecule has 3 nitrogen and oxygen atoms in total. The van der Waals surface area contributed by atoms with Gasteiger partial charge in [0.25, 0.3) is 0 Å². The Morgan fingerprint density at radius 2 is 1.85 bits per heavy atom. The number of benzene rings is 2. The van der Waals surface area contributed by atoms with E-state index in [4.69, 9.17) is 4.74 Å². The van der Waals surface area contributed by atoms with Crippen molar-refractivity contribution in [3.63, 3.8) is 0 Å². The Hall–Kier alpha value is -1.41. The van der Waals surface area contributed by atoms with Crippen LogP contribution in [0.25, 0.3) is 0 Å². The summed E-state index contributed by atoms with van der Waals surface area (Å²) in [4.78, 5) is 0. The third-order valence-corrected chi connectivity index (χ3v) is 6.94. The maximum atomic E-state index is 9.76. The standard InChI is InChI=1S/C23H33O3P/c1-6-11-23(5,27-21-10-8-7-9-18(21)14-24)20-13-19(16(2)3)12-17(4)22(20)26-15-25/h7-10,12-13,16,24-25,27H,6,11,14-15H2,1-5H3. The summed E-state index contributed by atoms with van der Waals surface area (Å²) in [5.74, 6) is 1.22. The molecule has 2 aromatic rings. The summed E-state index contributed by atoms with van der Waals surface area (Å²) >= 11 is 0. The smallest absolute Gasteiger partial charge is 0.186 e. The van der Waals surface area contributed by atoms with Crippen molar-refractivity contribution in [1.82, 2.24) is 0 Å². The van der Waals surface area contributed by atoms with Crippen LogP contribution in [0.15, 0.2) is 36.4 Å². The van der Waals surface area contributed by atoms with E-state index in [-0.39, 0.29) is 18.6 Å². The maximum absolute atomic E-state index is 9.76. The molecule has 0 bridgehead atoms. The van der Waals surface area contributed by atoms with Gasteiger partial charge in [-0.05, 0) is 41.3 Å². The molecule has 148 valence electrons. The number of rotatable bonds is 9. The second-order valence-corrected chi connectivity index (χ2v) is 9.56. The summed E-state index contributed by atoms with van der Waals surface area (Å²) in [5.41, 5.74) is 4.50. The van der Waals surface area contributed by atoms with Gasteiger partial charge in [-0.2, -0.15) is 0 Å². The molecule has 2 rings (SSSR count). The van der Waals surface area contributed by atoms with E-state index in [1.807, 2.05) is 18.2 Å². The van der Waals surface area contributed by atoms with Crippen LogP contribution in [0, 0.1) is 6.92 Å². The average molecular weight is 388 g/mol. The second-order valence-electron chi connectivity index (χ2n) is 7.66. The zero-order chi connectivity index (χ0) is 20.0. The molecule has 0 aromatic heterocycles. The molecule has 0 heterocycles. The average Bonchev–Trinajstić information content (AvgIpc) is 2.63. The van der Waals surface area contributed by atoms with Crippen molar-refractivity contribution in [2.24, 2.45) is 0 Å². The van der Waals surface area contributed by atoms with Crippen molar-refractivity contribution in [3.05, 3.63) is 58.7 Å². The van der Waals surface area contributed by atoms with Gasteiger partial charge in [0.15, 0.2) is 6.79 Å². The number of aliphatic hydroxyl groups is 2. The highest BCUT2D eigenvalue weighted by molar-refractivity contribution is 7.48. The molecular weight excluding hydrogens is 355 g/mol. The summed E-state index contributed by atoms with van der Waals surface area (Å²) in [5, 5.41) is 20.3. The third kappa shape index (κ3) is 5.10. The Kier molecular flexibility index (Phi) is 7.85. The number of ether oxygens (including phenoxy) is 1. The minimum atomic E-state index is -0.326. The molecular formula is C23H33O3P. The fraction of sp³-hybridized carbons (Fsp3) is 0.478. The van der Waals surface area contributed by atoms with Crippen LogP contribution in [0.1, 0.15) is 68.7 Å². The van der Waals surface area contributed by atoms with Crippen molar-refractivity contribution in [1.29, 1.82) is 0 Å². The van der Waals surface area contributed by atoms with Gasteiger partial charge in [0, 0.05) is 10.7 Å². The van der Waals surface area contributed by atoms with Gasteiger partial charge in [-0.25, -0.2) is 0 Å². The zero-order valence-corrected chi connectivity index (χ0v) is 18.2. The van der Waals surface area contributed by atoms with E-state index >= 15 is 0 Å². The quantitative estimate of drug-likeness (QED) is 0.472. The van der Waals surface area contributed by atoms with E-state index < -0.39 is 0 Å². The highest BCUT2D eigenvalue weighted by atomic mass is 31.1. The molecule has 2 aromatic carbocycles. The van der Waals surface area contributed by atoms with Crippen LogP contribution < -0.4 is 10.0 Å². The van der Waals surface area contributed by atoms with E-state index in [0.717, 1.165) is 35.3 Å². The Balaban J connectivity index is 2.62. The topological polar surface area (TPSA) is 49.7 Å². The maximum Gasteiger partial charge on any atom is 0.186 e. The van der Waals surface area contributed by atoms with Gasteiger partial charge in [0.1, 0.15) is 5.75 Å². The fourth-order valence-electron chi connectivity index (χ4n) is 3.64. The van der Waals surface area contributed by atoms with E-state index in [0.29, 0.717) is 14.5 Å². The Bertz CT molecular complexity index is 757. The van der Waals surface area contributed by atoms with Crippen LogP contribution in [0.2, 0.25) is 0 Å². The van der Waals surface area contributed by atoms with Crippen molar-refractivity contribution >= 4 is 13.9 Å². The lowest BCUT2D eigenvalue weighted by Gasteiger charge is -2.34. The molecule has 2 unspecified atom stereocenters. The monoisotopic (exact) mass is 388 g/mol. The van der Waals surface area contributed by atoms with Crippen molar-refractivity contribution < 1.29 is 14.9 Å². The van der Waals surface area contributed by atoms with Crippen LogP contribution in [0.5, 0.6) is 5.75 Å². The molecule has 0 saturated heterocycles. The Morgan fingerprint density at radius 1 is 1.15 bits per heavy atom. The van der Waals surface area contributed by atoms with Gasteiger partial charge in [-0.1, -0.05) is 79.1 Å². The van der Waals surface area contributed by atoms with Gasteiger partial charge in [-0.15, -0.1) is 0 Å². The van der Waals surface area contributed by atoms with E-state index in [1.54, 1.807) is 0 Å². The molecule has 2 N–H and O–H groups in total. The highest BCUT2D eigenvalue weighted by Gasteiger charge is 2.31. The molecule has 4 heteroatoms. The predicted octanol–water partition coefficient (Wildman–Crippen LogP) is 4.96. The lowest BCUT2D eigenvalue weighted by Crippen LogP contribution is -2.23. The van der Waals surface area contributed by atoms with Crippen molar-refractivity contribution in [3.8, 4) is 5.75 Å². The van der Waals surface area contributed by atoms with E-state index in [9.17, 15) is 10.2 Å². The number of hydrogen-bond acceptors (Lipinski definition) is 3. The zero-order valence-electron chi connectivity index (χ0n) is 17.2. The van der Waals surface area contributed by atoms with Crippen molar-refractivity contribution in [2.45, 2.75) is 65.1 Å². The van der Waals surface area contributed by atoms with Crippen LogP contribution in [0.4, 0.5) is 0 Å². The number of aryl methyl sites for hydroxylation is 1. The first-order valence-electron chi connectivity index (χ1n) is 9.71. The van der Waals surface area contributed by atoms with Gasteiger partial charge in [0.2, 0.25) is 0 Å². The van der Waals surface area contributed by atoms with Gasteiger partial charge in [0.05, 0.1) is 6.61 Å². The highest BCUT2D eigenvalue weighted by Crippen LogP contribution is 2.50. The first-order chi connectivity index (χ1) is 12.9. The van der Waals surface area contributed by atoms with Crippen LogP contribution in [-0.4, -0.2) is 17.0 Å². The largest absolute Gasteiger partial charge is 0.467 e. The third-order valence-electron chi connectivity index (χ3n) is 5.12. The molecule has 0 aliphatic rings. The summed E-state index contributed by atoms with van der Waals surface area (Å²) in [6.07, 6.45) is 2.06. The summed E-state index contributed by atoms with van der Waals surface area (Å²) in [6, 6.07) is 12.5. The molecule has 0 spiro atoms. The van der Waals surface area contributed by atoms with Crippen LogP contribution >= 0.6 is 8.58 Å². The molecule has 0 aliphatic heterocycles. The predicted molar refractivity (Wildman–Crippen MR) is 116 cm³/mol. The van der Waals surface area contributed by atoms with Gasteiger partial charge < -0.3 is 14.9 Å². The number of hydrogen-bond donors (Lipinski definition) is 2. The molecule has 0 amide bonds. The first kappa shape index (κ1) is 21.9. The molecule has 0 saturated carbocycles. The second kappa shape index (κ2) is 9.68. The first-order valence-corrected chi connectivity index (χ1v) is 10.7. The van der Waals surface area contributed by atoms with Gasteiger partial charge in [-0.3, -0.25) is 0 Å². The van der Waals surface area contributed by atoms with E-state index in [2.05, 4.69) is 52.8 Å². The summed E-state index contributed by atoms with van der Waals surface area (Å²) in [6.45, 7) is 10.7. The molecule has 0 radical (unpaired) electrons. The minimum absolute atomic E-state index is 0.0520. The Morgan fingerprint density at radius 3 is 2.44 bits per heavy atom. The van der Waals surface area contributed by atoms with Crippen LogP contribution in [0.3, 0.4) is 0 Å². The Labute approximate surface area is 165 Å². The molecule has 2 atom stereocenters. The number of aliphatic hydroxyl groups excluding tert-OH is 2. The van der Waals surface area contributed by atoms with Crippen LogP contribution in [-0.2, 0) is 11.8 Å². The molecule has 0 fully saturated rings. The molecule has 0 aliphatic carbocycles. The lowest BCUT2D eigenvalue weighted by atomic mass is 9.88.